The molecule has 0 spiro atoms. The van der Waals surface area contributed by atoms with Gasteiger partial charge in [-0.05, 0) is 73.7 Å². The van der Waals surface area contributed by atoms with E-state index in [2.05, 4.69) is 0 Å². The second-order valence-corrected chi connectivity index (χ2v) is 7.32. The van der Waals surface area contributed by atoms with Gasteiger partial charge >= 0.3 is 0 Å². The van der Waals surface area contributed by atoms with E-state index in [0.717, 1.165) is 16.7 Å². The Balaban J connectivity index is 2.30. The zero-order chi connectivity index (χ0) is 21.2. The molecule has 150 valence electrons. The van der Waals surface area contributed by atoms with E-state index in [-0.39, 0.29) is 28.6 Å². The van der Waals surface area contributed by atoms with Gasteiger partial charge in [0, 0.05) is 10.8 Å². The van der Waals surface area contributed by atoms with Crippen molar-refractivity contribution in [2.24, 2.45) is 0 Å². The van der Waals surface area contributed by atoms with Crippen LogP contribution in [-0.2, 0) is 6.42 Å². The summed E-state index contributed by atoms with van der Waals surface area (Å²) in [4.78, 5) is 0. The minimum absolute atomic E-state index is 0.0223. The number of fused-ring (bicyclic) bond motifs is 3. The Bertz CT molecular complexity index is 1250. The minimum Gasteiger partial charge on any atom is -0.304 e. The summed E-state index contributed by atoms with van der Waals surface area (Å²) in [5.74, 6) is -4.67. The lowest BCUT2D eigenvalue weighted by Crippen LogP contribution is -2.10. The number of halogens is 5. The average molecular weight is 403 g/mol. The maximum Gasteiger partial charge on any atom is 0.186 e. The number of aryl methyl sites for hydroxylation is 2. The van der Waals surface area contributed by atoms with Gasteiger partial charge in [-0.1, -0.05) is 6.92 Å². The number of rotatable bonds is 2. The molecule has 0 atom stereocenters. The predicted octanol–water partition coefficient (Wildman–Crippen LogP) is 6.97. The Morgan fingerprint density at radius 3 is 1.62 bits per heavy atom. The van der Waals surface area contributed by atoms with E-state index in [0.29, 0.717) is 21.9 Å². The maximum atomic E-state index is 15.3. The van der Waals surface area contributed by atoms with E-state index < -0.39 is 34.8 Å². The first-order valence-corrected chi connectivity index (χ1v) is 9.24. The van der Waals surface area contributed by atoms with Crippen molar-refractivity contribution in [3.8, 4) is 5.69 Å². The van der Waals surface area contributed by atoms with Crippen molar-refractivity contribution in [3.63, 3.8) is 0 Å². The molecule has 0 N–H and O–H groups in total. The normalized spacial score (nSPS) is 11.8. The summed E-state index contributed by atoms with van der Waals surface area (Å²) in [5, 5.41) is 1.000. The Kier molecular flexibility index (Phi) is 4.41. The van der Waals surface area contributed by atoms with Crippen LogP contribution in [0.3, 0.4) is 0 Å². The fraction of sp³-hybridized carbons (Fsp3) is 0.217. The maximum absolute atomic E-state index is 15.3. The summed E-state index contributed by atoms with van der Waals surface area (Å²) >= 11 is 0. The van der Waals surface area contributed by atoms with E-state index in [1.54, 1.807) is 32.9 Å². The first-order chi connectivity index (χ1) is 13.7. The molecule has 0 fully saturated rings. The quantitative estimate of drug-likeness (QED) is 0.252. The summed E-state index contributed by atoms with van der Waals surface area (Å²) in [5.41, 5.74) is 0.182. The van der Waals surface area contributed by atoms with Crippen LogP contribution in [0.2, 0.25) is 0 Å². The largest absolute Gasteiger partial charge is 0.304 e. The number of hydrogen-bond donors (Lipinski definition) is 0. The Labute approximate surface area is 164 Å². The fourth-order valence-electron chi connectivity index (χ4n) is 3.94. The van der Waals surface area contributed by atoms with Crippen molar-refractivity contribution in [1.82, 2.24) is 4.57 Å². The lowest BCUT2D eigenvalue weighted by atomic mass is 10.0. The van der Waals surface area contributed by atoms with E-state index in [1.165, 1.54) is 6.92 Å². The van der Waals surface area contributed by atoms with Gasteiger partial charge in [0.25, 0.3) is 0 Å². The van der Waals surface area contributed by atoms with Crippen LogP contribution < -0.4 is 0 Å². The first-order valence-electron chi connectivity index (χ1n) is 9.24. The van der Waals surface area contributed by atoms with Crippen molar-refractivity contribution >= 4 is 21.8 Å². The molecule has 3 aromatic carbocycles. The van der Waals surface area contributed by atoms with E-state index >= 15 is 4.39 Å². The number of nitrogens with zero attached hydrogens (tertiary/aromatic N) is 1. The minimum atomic E-state index is -1.39. The molecule has 0 radical (unpaired) electrons. The van der Waals surface area contributed by atoms with Crippen LogP contribution in [0, 0.1) is 49.9 Å². The third-order valence-corrected chi connectivity index (χ3v) is 5.56. The molecule has 0 aliphatic rings. The van der Waals surface area contributed by atoms with Gasteiger partial charge in [0.15, 0.2) is 17.5 Å². The zero-order valence-electron chi connectivity index (χ0n) is 16.4. The summed E-state index contributed by atoms with van der Waals surface area (Å²) in [7, 11) is 0. The van der Waals surface area contributed by atoms with Crippen LogP contribution in [0.5, 0.6) is 0 Å². The third-order valence-electron chi connectivity index (χ3n) is 5.56. The second-order valence-electron chi connectivity index (χ2n) is 7.32. The smallest absolute Gasteiger partial charge is 0.186 e. The van der Waals surface area contributed by atoms with Gasteiger partial charge in [-0.15, -0.1) is 0 Å². The van der Waals surface area contributed by atoms with Gasteiger partial charge in [-0.2, -0.15) is 0 Å². The molecule has 0 aliphatic carbocycles. The molecule has 29 heavy (non-hydrogen) atoms. The molecule has 0 aliphatic heterocycles. The predicted molar refractivity (Wildman–Crippen MR) is 104 cm³/mol. The summed E-state index contributed by atoms with van der Waals surface area (Å²) in [6.07, 6.45) is 0.139. The van der Waals surface area contributed by atoms with E-state index in [1.807, 2.05) is 0 Å². The molecular formula is C23H18F5N. The average Bonchev–Trinajstić information content (AvgIpc) is 2.94. The van der Waals surface area contributed by atoms with Crippen LogP contribution in [-0.4, -0.2) is 4.57 Å². The monoisotopic (exact) mass is 403 g/mol. The van der Waals surface area contributed by atoms with Gasteiger partial charge in [0.05, 0.1) is 11.0 Å². The highest BCUT2D eigenvalue weighted by Crippen LogP contribution is 2.38. The SMILES string of the molecule is CCc1c(C)c(F)c(F)c(-n2c3cc(F)c(C)cc3c3cc(C)c(F)cc32)c1F. The lowest BCUT2D eigenvalue weighted by Gasteiger charge is -2.16. The standard InChI is InChI=1S/C23H18F5N/c1-5-13-12(4)20(26)22(28)23(21(13)27)29-18-8-16(24)10(2)6-14(18)15-7-11(3)17(25)9-19(15)29/h6-9H,5H2,1-4H3. The third kappa shape index (κ3) is 2.65. The molecule has 0 unspecified atom stereocenters. The Morgan fingerprint density at radius 1 is 0.690 bits per heavy atom. The van der Waals surface area contributed by atoms with Crippen LogP contribution >= 0.6 is 0 Å². The van der Waals surface area contributed by atoms with Crippen molar-refractivity contribution in [3.05, 3.63) is 75.6 Å². The van der Waals surface area contributed by atoms with Crippen molar-refractivity contribution < 1.29 is 22.0 Å². The summed E-state index contributed by atoms with van der Waals surface area (Å²) in [6, 6.07) is 5.37. The van der Waals surface area contributed by atoms with Crippen LogP contribution in [0.15, 0.2) is 24.3 Å². The molecule has 1 nitrogen and oxygen atoms in total. The number of aromatic nitrogens is 1. The van der Waals surface area contributed by atoms with Gasteiger partial charge in [0.2, 0.25) is 0 Å². The topological polar surface area (TPSA) is 4.93 Å². The van der Waals surface area contributed by atoms with E-state index in [4.69, 9.17) is 0 Å². The Hall–Kier alpha value is -2.89. The molecule has 1 aromatic heterocycles. The molecule has 4 aromatic rings. The van der Waals surface area contributed by atoms with Gasteiger partial charge < -0.3 is 4.57 Å². The molecule has 0 saturated carbocycles. The highest BCUT2D eigenvalue weighted by atomic mass is 19.2. The highest BCUT2D eigenvalue weighted by molar-refractivity contribution is 6.09. The van der Waals surface area contributed by atoms with Crippen LogP contribution in [0.4, 0.5) is 22.0 Å². The molecule has 4 rings (SSSR count). The van der Waals surface area contributed by atoms with Gasteiger partial charge in [-0.3, -0.25) is 0 Å². The highest BCUT2D eigenvalue weighted by Gasteiger charge is 2.26. The molecule has 0 bridgehead atoms. The number of hydrogen-bond acceptors (Lipinski definition) is 0. The zero-order valence-corrected chi connectivity index (χ0v) is 16.4. The molecular weight excluding hydrogens is 385 g/mol. The molecule has 6 heteroatoms. The lowest BCUT2D eigenvalue weighted by molar-refractivity contribution is 0.479. The number of benzene rings is 3. The van der Waals surface area contributed by atoms with Crippen molar-refractivity contribution in [2.75, 3.05) is 0 Å². The molecule has 0 saturated heterocycles. The van der Waals surface area contributed by atoms with Crippen LogP contribution in [0.1, 0.15) is 29.2 Å². The molecule has 1 heterocycles. The summed E-state index contributed by atoms with van der Waals surface area (Å²) < 4.78 is 74.7. The molecule has 0 amide bonds. The van der Waals surface area contributed by atoms with E-state index in [9.17, 15) is 17.6 Å². The fourth-order valence-corrected chi connectivity index (χ4v) is 3.94. The Morgan fingerprint density at radius 2 is 1.17 bits per heavy atom. The first kappa shape index (κ1) is 19.4. The van der Waals surface area contributed by atoms with Gasteiger partial charge in [0.1, 0.15) is 17.3 Å². The van der Waals surface area contributed by atoms with Crippen molar-refractivity contribution in [1.29, 1.82) is 0 Å². The van der Waals surface area contributed by atoms with Crippen molar-refractivity contribution in [2.45, 2.75) is 34.1 Å². The second kappa shape index (κ2) is 6.58. The summed E-state index contributed by atoms with van der Waals surface area (Å²) in [6.45, 7) is 6.07. The van der Waals surface area contributed by atoms with Gasteiger partial charge in [-0.25, -0.2) is 22.0 Å². The van der Waals surface area contributed by atoms with Crippen LogP contribution in [0.25, 0.3) is 27.5 Å².